The van der Waals surface area contributed by atoms with Crippen LogP contribution in [-0.4, -0.2) is 11.5 Å². The maximum absolute atomic E-state index is 3.80. The molecule has 2 aromatic carbocycles. The fourth-order valence-electron chi connectivity index (χ4n) is 2.21. The molecule has 2 unspecified atom stereocenters. The van der Waals surface area contributed by atoms with Gasteiger partial charge in [-0.15, -0.1) is 0 Å². The SMILES string of the molecule is Brc1cccc(C(Br)CCSCCC(Br)c2cccc(Br)c2)c1. The summed E-state index contributed by atoms with van der Waals surface area (Å²) in [6.45, 7) is 0. The van der Waals surface area contributed by atoms with Gasteiger partial charge in [0.1, 0.15) is 0 Å². The van der Waals surface area contributed by atoms with Crippen LogP contribution in [0.3, 0.4) is 0 Å². The van der Waals surface area contributed by atoms with Crippen LogP contribution in [0.5, 0.6) is 0 Å². The predicted molar refractivity (Wildman–Crippen MR) is 118 cm³/mol. The second-order valence-electron chi connectivity index (χ2n) is 5.23. The van der Waals surface area contributed by atoms with Gasteiger partial charge in [0.15, 0.2) is 0 Å². The van der Waals surface area contributed by atoms with Crippen LogP contribution in [0, 0.1) is 0 Å². The first-order valence-electron chi connectivity index (χ1n) is 7.43. The van der Waals surface area contributed by atoms with Crippen LogP contribution < -0.4 is 0 Å². The summed E-state index contributed by atoms with van der Waals surface area (Å²) in [6, 6.07) is 17.0. The van der Waals surface area contributed by atoms with Gasteiger partial charge in [-0.2, -0.15) is 11.8 Å². The summed E-state index contributed by atoms with van der Waals surface area (Å²) in [5, 5.41) is 0. The quantitative estimate of drug-likeness (QED) is 0.222. The summed E-state index contributed by atoms with van der Waals surface area (Å²) in [6.07, 6.45) is 2.29. The Balaban J connectivity index is 1.67. The molecule has 0 saturated heterocycles. The van der Waals surface area contributed by atoms with Gasteiger partial charge in [-0.3, -0.25) is 0 Å². The lowest BCUT2D eigenvalue weighted by Gasteiger charge is -2.12. The van der Waals surface area contributed by atoms with Crippen molar-refractivity contribution in [2.24, 2.45) is 0 Å². The van der Waals surface area contributed by atoms with E-state index in [1.54, 1.807) is 0 Å². The topological polar surface area (TPSA) is 0 Å². The predicted octanol–water partition coefficient (Wildman–Crippen LogP) is 8.30. The van der Waals surface area contributed by atoms with Gasteiger partial charge < -0.3 is 0 Å². The van der Waals surface area contributed by atoms with Gasteiger partial charge in [-0.05, 0) is 59.7 Å². The third kappa shape index (κ3) is 7.23. The minimum atomic E-state index is 0.428. The van der Waals surface area contributed by atoms with E-state index in [1.807, 2.05) is 11.8 Å². The zero-order valence-electron chi connectivity index (χ0n) is 12.5. The summed E-state index contributed by atoms with van der Waals surface area (Å²) >= 11 is 16.7. The fraction of sp³-hybridized carbons (Fsp3) is 0.333. The van der Waals surface area contributed by atoms with Gasteiger partial charge >= 0.3 is 0 Å². The molecule has 0 spiro atoms. The first kappa shape index (κ1) is 20.0. The molecule has 5 heteroatoms. The lowest BCUT2D eigenvalue weighted by atomic mass is 10.1. The molecular weight excluding hydrogens is 568 g/mol. The lowest BCUT2D eigenvalue weighted by molar-refractivity contribution is 0.903. The summed E-state index contributed by atoms with van der Waals surface area (Å²) in [4.78, 5) is 0.856. The van der Waals surface area contributed by atoms with Crippen molar-refractivity contribution in [1.82, 2.24) is 0 Å². The van der Waals surface area contributed by atoms with Gasteiger partial charge in [-0.25, -0.2) is 0 Å². The average molecular weight is 586 g/mol. The Morgan fingerprint density at radius 2 is 1.17 bits per heavy atom. The molecule has 2 rings (SSSR count). The van der Waals surface area contributed by atoms with Crippen molar-refractivity contribution in [1.29, 1.82) is 0 Å². The Hall–Kier alpha value is 0.710. The maximum atomic E-state index is 3.80. The Kier molecular flexibility index (Phi) is 9.27. The van der Waals surface area contributed by atoms with Crippen LogP contribution in [-0.2, 0) is 0 Å². The summed E-state index contributed by atoms with van der Waals surface area (Å²) in [5.74, 6) is 2.33. The zero-order chi connectivity index (χ0) is 16.7. The molecule has 0 aliphatic carbocycles. The largest absolute Gasteiger partial charge is 0.162 e. The molecule has 0 aromatic heterocycles. The van der Waals surface area contributed by atoms with Crippen molar-refractivity contribution in [2.45, 2.75) is 22.5 Å². The molecule has 0 bridgehead atoms. The molecule has 0 nitrogen and oxygen atoms in total. The van der Waals surface area contributed by atoms with E-state index >= 15 is 0 Å². The van der Waals surface area contributed by atoms with Crippen LogP contribution in [0.4, 0.5) is 0 Å². The number of hydrogen-bond donors (Lipinski definition) is 0. The van der Waals surface area contributed by atoms with Gasteiger partial charge in [0.2, 0.25) is 0 Å². The van der Waals surface area contributed by atoms with Gasteiger partial charge in [0.25, 0.3) is 0 Å². The number of rotatable bonds is 8. The van der Waals surface area contributed by atoms with E-state index in [2.05, 4.69) is 112 Å². The van der Waals surface area contributed by atoms with Crippen molar-refractivity contribution in [3.05, 3.63) is 68.6 Å². The lowest BCUT2D eigenvalue weighted by Crippen LogP contribution is -1.95. The van der Waals surface area contributed by atoms with E-state index in [-0.39, 0.29) is 0 Å². The average Bonchev–Trinajstić information content (AvgIpc) is 2.54. The van der Waals surface area contributed by atoms with Crippen molar-refractivity contribution in [3.8, 4) is 0 Å². The number of thioether (sulfide) groups is 1. The van der Waals surface area contributed by atoms with Crippen molar-refractivity contribution in [3.63, 3.8) is 0 Å². The monoisotopic (exact) mass is 582 g/mol. The van der Waals surface area contributed by atoms with Gasteiger partial charge in [-0.1, -0.05) is 88.0 Å². The smallest absolute Gasteiger partial charge is 0.0403 e. The molecule has 124 valence electrons. The Labute approximate surface area is 176 Å². The fourth-order valence-corrected chi connectivity index (χ4v) is 5.69. The first-order chi connectivity index (χ1) is 11.1. The van der Waals surface area contributed by atoms with E-state index in [1.165, 1.54) is 22.6 Å². The molecule has 0 N–H and O–H groups in total. The Morgan fingerprint density at radius 3 is 1.57 bits per heavy atom. The van der Waals surface area contributed by atoms with Crippen molar-refractivity contribution >= 4 is 75.5 Å². The van der Waals surface area contributed by atoms with Crippen LogP contribution >= 0.6 is 75.5 Å². The second-order valence-corrected chi connectivity index (χ2v) is 10.5. The van der Waals surface area contributed by atoms with Crippen LogP contribution in [0.25, 0.3) is 0 Å². The zero-order valence-corrected chi connectivity index (χ0v) is 19.7. The van der Waals surface area contributed by atoms with Crippen LogP contribution in [0.15, 0.2) is 57.5 Å². The van der Waals surface area contributed by atoms with Crippen molar-refractivity contribution in [2.75, 3.05) is 11.5 Å². The van der Waals surface area contributed by atoms with E-state index in [4.69, 9.17) is 0 Å². The second kappa shape index (κ2) is 10.6. The Morgan fingerprint density at radius 1 is 0.739 bits per heavy atom. The molecule has 0 aliphatic heterocycles. The van der Waals surface area contributed by atoms with Gasteiger partial charge in [0.05, 0.1) is 0 Å². The van der Waals surface area contributed by atoms with E-state index < -0.39 is 0 Å². The van der Waals surface area contributed by atoms with E-state index in [0.29, 0.717) is 9.65 Å². The highest BCUT2D eigenvalue weighted by Gasteiger charge is 2.10. The molecule has 2 atom stereocenters. The maximum Gasteiger partial charge on any atom is 0.0403 e. The molecule has 23 heavy (non-hydrogen) atoms. The van der Waals surface area contributed by atoms with Crippen LogP contribution in [0.1, 0.15) is 33.6 Å². The number of alkyl halides is 2. The highest BCUT2D eigenvalue weighted by atomic mass is 79.9. The molecule has 0 amide bonds. The van der Waals surface area contributed by atoms with E-state index in [9.17, 15) is 0 Å². The number of hydrogen-bond acceptors (Lipinski definition) is 1. The molecule has 0 heterocycles. The summed E-state index contributed by atoms with van der Waals surface area (Å²) in [7, 11) is 0. The molecule has 0 radical (unpaired) electrons. The minimum Gasteiger partial charge on any atom is -0.162 e. The Bertz CT molecular complexity index is 564. The highest BCUT2D eigenvalue weighted by Crippen LogP contribution is 2.32. The standard InChI is InChI=1S/C18H18Br4S/c19-15-5-1-3-13(11-15)17(21)7-9-23-10-8-18(22)14-4-2-6-16(20)12-14/h1-6,11-12,17-18H,7-10H2. The van der Waals surface area contributed by atoms with E-state index in [0.717, 1.165) is 21.8 Å². The van der Waals surface area contributed by atoms with Gasteiger partial charge in [0, 0.05) is 18.6 Å². The molecule has 0 fully saturated rings. The highest BCUT2D eigenvalue weighted by molar-refractivity contribution is 9.11. The molecular formula is C18H18Br4S. The molecule has 0 saturated carbocycles. The third-order valence-electron chi connectivity index (χ3n) is 3.45. The summed E-state index contributed by atoms with van der Waals surface area (Å²) in [5.41, 5.74) is 2.68. The number of halogens is 4. The summed E-state index contributed by atoms with van der Waals surface area (Å²) < 4.78 is 2.28. The first-order valence-corrected chi connectivity index (χ1v) is 12.0. The number of benzene rings is 2. The third-order valence-corrected chi connectivity index (χ3v) is 7.46. The molecule has 2 aromatic rings. The van der Waals surface area contributed by atoms with Crippen molar-refractivity contribution < 1.29 is 0 Å². The van der Waals surface area contributed by atoms with Crippen LogP contribution in [0.2, 0.25) is 0 Å². The normalized spacial score (nSPS) is 13.7. The molecule has 0 aliphatic rings. The minimum absolute atomic E-state index is 0.428.